The Kier molecular flexibility index (Phi) is 5.66. The van der Waals surface area contributed by atoms with E-state index in [1.54, 1.807) is 6.92 Å². The van der Waals surface area contributed by atoms with E-state index in [9.17, 15) is 4.79 Å². The fraction of sp³-hybridized carbons (Fsp3) is 0.941. The van der Waals surface area contributed by atoms with Gasteiger partial charge in [-0.2, -0.15) is 0 Å². The summed E-state index contributed by atoms with van der Waals surface area (Å²) >= 11 is 1.29. The molecule has 0 aromatic carbocycles. The van der Waals surface area contributed by atoms with Crippen LogP contribution in [0.25, 0.3) is 0 Å². The van der Waals surface area contributed by atoms with Crippen molar-refractivity contribution in [3.63, 3.8) is 0 Å². The van der Waals surface area contributed by atoms with Gasteiger partial charge < -0.3 is 18.6 Å². The summed E-state index contributed by atoms with van der Waals surface area (Å²) in [7, 11) is -2.01. The molecular weight excluding hydrogens is 344 g/mol. The summed E-state index contributed by atoms with van der Waals surface area (Å²) in [6, 6.07) is 0. The van der Waals surface area contributed by atoms with Crippen LogP contribution in [-0.4, -0.2) is 49.1 Å². The Balaban J connectivity index is 2.24. The molecule has 2 aliphatic heterocycles. The van der Waals surface area contributed by atoms with Crippen molar-refractivity contribution < 1.29 is 23.4 Å². The van der Waals surface area contributed by atoms with Crippen molar-refractivity contribution in [1.82, 2.24) is 0 Å². The highest BCUT2D eigenvalue weighted by atomic mass is 32.2. The lowest BCUT2D eigenvalue weighted by atomic mass is 10.1. The lowest BCUT2D eigenvalue weighted by molar-refractivity contribution is -0.213. The van der Waals surface area contributed by atoms with E-state index in [2.05, 4.69) is 33.9 Å². The number of fused-ring (bicyclic) bond motifs is 1. The second kappa shape index (κ2) is 6.67. The Bertz CT molecular complexity index is 488. The van der Waals surface area contributed by atoms with Gasteiger partial charge in [-0.25, -0.2) is 0 Å². The van der Waals surface area contributed by atoms with Crippen LogP contribution in [0.2, 0.25) is 18.1 Å². The van der Waals surface area contributed by atoms with Crippen LogP contribution in [0.15, 0.2) is 0 Å². The molecule has 0 amide bonds. The van der Waals surface area contributed by atoms with Crippen LogP contribution in [0.1, 0.15) is 48.5 Å². The average Bonchev–Trinajstić information content (AvgIpc) is 2.80. The standard InChI is InChI=1S/C17H32O5SSi/c1-10(23-11(2)18)12-13(22-24(8,9)16(3,4)5)14-15(19-12)21-17(6,7)20-14/h10,12-15H,1-9H3/t10?,12-,13-,14-,15-/m0/s1. The molecule has 2 fully saturated rings. The predicted molar refractivity (Wildman–Crippen MR) is 98.5 cm³/mol. The molecule has 2 heterocycles. The lowest BCUT2D eigenvalue weighted by Gasteiger charge is -2.41. The quantitative estimate of drug-likeness (QED) is 0.693. The average molecular weight is 377 g/mol. The van der Waals surface area contributed by atoms with Crippen molar-refractivity contribution in [2.75, 3.05) is 0 Å². The summed E-state index contributed by atoms with van der Waals surface area (Å²) in [5.41, 5.74) is 0. The van der Waals surface area contributed by atoms with Gasteiger partial charge in [0.1, 0.15) is 18.3 Å². The summed E-state index contributed by atoms with van der Waals surface area (Å²) in [6.45, 7) is 18.5. The minimum Gasteiger partial charge on any atom is -0.408 e. The maximum absolute atomic E-state index is 11.5. The summed E-state index contributed by atoms with van der Waals surface area (Å²) in [6.07, 6.45) is -1.14. The van der Waals surface area contributed by atoms with Gasteiger partial charge in [0, 0.05) is 12.2 Å². The highest BCUT2D eigenvalue weighted by molar-refractivity contribution is 8.14. The molecule has 5 atom stereocenters. The molecule has 24 heavy (non-hydrogen) atoms. The van der Waals surface area contributed by atoms with Crippen molar-refractivity contribution in [3.05, 3.63) is 0 Å². The van der Waals surface area contributed by atoms with Gasteiger partial charge >= 0.3 is 0 Å². The Morgan fingerprint density at radius 1 is 1.25 bits per heavy atom. The zero-order chi connectivity index (χ0) is 18.5. The van der Waals surface area contributed by atoms with Gasteiger partial charge in [0.15, 0.2) is 25.5 Å². The number of rotatable bonds is 4. The number of hydrogen-bond donors (Lipinski definition) is 0. The van der Waals surface area contributed by atoms with Crippen LogP contribution in [0, 0.1) is 0 Å². The highest BCUT2D eigenvalue weighted by Gasteiger charge is 2.58. The molecule has 0 radical (unpaired) electrons. The Morgan fingerprint density at radius 3 is 2.33 bits per heavy atom. The molecule has 7 heteroatoms. The first kappa shape index (κ1) is 20.4. The molecule has 5 nitrogen and oxygen atoms in total. The van der Waals surface area contributed by atoms with E-state index in [4.69, 9.17) is 18.6 Å². The summed E-state index contributed by atoms with van der Waals surface area (Å²) < 4.78 is 24.8. The van der Waals surface area contributed by atoms with Gasteiger partial charge in [0.2, 0.25) is 0 Å². The molecule has 0 bridgehead atoms. The Labute approximate surface area is 151 Å². The number of carbonyl (C=O) groups is 1. The molecule has 0 aromatic heterocycles. The molecule has 2 saturated heterocycles. The number of hydrogen-bond acceptors (Lipinski definition) is 6. The fourth-order valence-corrected chi connectivity index (χ4v) is 5.04. The van der Waals surface area contributed by atoms with Gasteiger partial charge in [0.05, 0.1) is 0 Å². The minimum absolute atomic E-state index is 0.0156. The van der Waals surface area contributed by atoms with Crippen LogP contribution in [0.4, 0.5) is 0 Å². The maximum Gasteiger partial charge on any atom is 0.192 e. The van der Waals surface area contributed by atoms with Crippen molar-refractivity contribution in [3.8, 4) is 0 Å². The molecule has 0 aliphatic carbocycles. The molecule has 2 rings (SSSR count). The van der Waals surface area contributed by atoms with Crippen molar-refractivity contribution >= 4 is 25.2 Å². The van der Waals surface area contributed by atoms with Gasteiger partial charge in [0.25, 0.3) is 0 Å². The molecule has 1 unspecified atom stereocenters. The van der Waals surface area contributed by atoms with Gasteiger partial charge in [-0.15, -0.1) is 0 Å². The largest absolute Gasteiger partial charge is 0.408 e. The monoisotopic (exact) mass is 376 g/mol. The third kappa shape index (κ3) is 4.24. The molecule has 2 aliphatic rings. The molecular formula is C17H32O5SSi. The van der Waals surface area contributed by atoms with Crippen LogP contribution < -0.4 is 0 Å². The smallest absolute Gasteiger partial charge is 0.192 e. The second-order valence-corrected chi connectivity index (χ2v) is 15.0. The normalized spacial score (nSPS) is 34.2. The predicted octanol–water partition coefficient (Wildman–Crippen LogP) is 3.92. The van der Waals surface area contributed by atoms with Gasteiger partial charge in [-0.3, -0.25) is 4.79 Å². The first-order valence-corrected chi connectivity index (χ1v) is 12.4. The van der Waals surface area contributed by atoms with E-state index in [1.165, 1.54) is 11.8 Å². The first-order valence-electron chi connectivity index (χ1n) is 8.60. The van der Waals surface area contributed by atoms with Crippen molar-refractivity contribution in [1.29, 1.82) is 0 Å². The zero-order valence-corrected chi connectivity index (χ0v) is 18.2. The van der Waals surface area contributed by atoms with Crippen LogP contribution in [0.3, 0.4) is 0 Å². The topological polar surface area (TPSA) is 54.0 Å². The third-order valence-corrected chi connectivity index (χ3v) is 10.5. The third-order valence-electron chi connectivity index (χ3n) is 5.08. The minimum atomic E-state index is -2.01. The molecule has 0 spiro atoms. The van der Waals surface area contributed by atoms with E-state index < -0.39 is 20.4 Å². The second-order valence-electron chi connectivity index (χ2n) is 8.73. The number of ether oxygens (including phenoxy) is 3. The van der Waals surface area contributed by atoms with Crippen LogP contribution in [0.5, 0.6) is 0 Å². The van der Waals surface area contributed by atoms with E-state index in [0.717, 1.165) is 0 Å². The van der Waals surface area contributed by atoms with Crippen LogP contribution >= 0.6 is 11.8 Å². The van der Waals surface area contributed by atoms with Crippen molar-refractivity contribution in [2.24, 2.45) is 0 Å². The molecule has 0 aromatic rings. The zero-order valence-electron chi connectivity index (χ0n) is 16.3. The van der Waals surface area contributed by atoms with E-state index in [-0.39, 0.29) is 33.7 Å². The van der Waals surface area contributed by atoms with E-state index in [0.29, 0.717) is 0 Å². The Morgan fingerprint density at radius 2 is 1.83 bits per heavy atom. The first-order chi connectivity index (χ1) is 10.7. The Hall–Kier alpha value is 0.0769. The summed E-state index contributed by atoms with van der Waals surface area (Å²) in [4.78, 5) is 11.5. The van der Waals surface area contributed by atoms with E-state index in [1.807, 2.05) is 20.8 Å². The number of thioether (sulfide) groups is 1. The molecule has 140 valence electrons. The van der Waals surface area contributed by atoms with Crippen LogP contribution in [-0.2, 0) is 23.4 Å². The van der Waals surface area contributed by atoms with Crippen molar-refractivity contribution in [2.45, 2.75) is 102 Å². The number of carbonyl (C=O) groups excluding carboxylic acids is 1. The molecule has 0 N–H and O–H groups in total. The maximum atomic E-state index is 11.5. The highest BCUT2D eigenvalue weighted by Crippen LogP contribution is 2.45. The van der Waals surface area contributed by atoms with Gasteiger partial charge in [-0.1, -0.05) is 39.5 Å². The fourth-order valence-electron chi connectivity index (χ4n) is 2.86. The van der Waals surface area contributed by atoms with Gasteiger partial charge in [-0.05, 0) is 32.0 Å². The lowest BCUT2D eigenvalue weighted by Crippen LogP contribution is -2.51. The molecule has 0 saturated carbocycles. The summed E-state index contributed by atoms with van der Waals surface area (Å²) in [5, 5.41) is 0.149. The summed E-state index contributed by atoms with van der Waals surface area (Å²) in [5.74, 6) is -0.674. The van der Waals surface area contributed by atoms with E-state index >= 15 is 0 Å². The SMILES string of the molecule is CC(=O)SC(C)[C@@H]1O[C@H]2OC(C)(C)O[C@H]2[C@H]1O[Si](C)(C)C(C)(C)C.